The minimum atomic E-state index is 0. The van der Waals surface area contributed by atoms with Gasteiger partial charge in [0, 0.05) is 23.9 Å². The summed E-state index contributed by atoms with van der Waals surface area (Å²) in [5.74, 6) is 1.75. The second kappa shape index (κ2) is 6.22. The molecule has 1 aromatic heterocycles. The number of ether oxygens (including phenoxy) is 1. The molecule has 5 heteroatoms. The van der Waals surface area contributed by atoms with Gasteiger partial charge in [-0.2, -0.15) is 0 Å². The van der Waals surface area contributed by atoms with Crippen LogP contribution in [0.2, 0.25) is 0 Å². The Bertz CT molecular complexity index is 843. The number of nitrogens with one attached hydrogen (secondary N) is 1. The van der Waals surface area contributed by atoms with E-state index in [1.807, 2.05) is 25.2 Å². The number of hydrogen-bond acceptors (Lipinski definition) is 4. The van der Waals surface area contributed by atoms with Crippen molar-refractivity contribution >= 4 is 28.9 Å². The van der Waals surface area contributed by atoms with E-state index in [9.17, 15) is 0 Å². The number of halogens is 1. The topological polar surface area (TPSA) is 34.2 Å². The van der Waals surface area contributed by atoms with Crippen LogP contribution in [0.5, 0.6) is 11.5 Å². The van der Waals surface area contributed by atoms with Gasteiger partial charge in [0.05, 0.1) is 5.69 Å². The standard InChI is InChI=1S/C18H16N2OS.ClH/c1-11-3-5-13(6-4-11)21-14-7-8-15-12(9-14)10-16-17(15)20-18(19-2)22-16;/h3-9H,10H2,1-2H3,(H,19,20);1H. The molecule has 0 aliphatic heterocycles. The number of aromatic nitrogens is 1. The van der Waals surface area contributed by atoms with E-state index < -0.39 is 0 Å². The number of rotatable bonds is 3. The van der Waals surface area contributed by atoms with Crippen molar-refractivity contribution in [3.05, 3.63) is 58.5 Å². The number of anilines is 1. The lowest BCUT2D eigenvalue weighted by molar-refractivity contribution is 0.482. The smallest absolute Gasteiger partial charge is 0.183 e. The van der Waals surface area contributed by atoms with Gasteiger partial charge in [-0.15, -0.1) is 23.7 Å². The van der Waals surface area contributed by atoms with Crippen molar-refractivity contribution in [2.45, 2.75) is 13.3 Å². The molecule has 118 valence electrons. The van der Waals surface area contributed by atoms with E-state index in [1.165, 1.54) is 21.6 Å². The average Bonchev–Trinajstić information content (AvgIpc) is 3.06. The molecule has 1 heterocycles. The van der Waals surface area contributed by atoms with Crippen LogP contribution in [0.25, 0.3) is 11.3 Å². The van der Waals surface area contributed by atoms with E-state index in [4.69, 9.17) is 4.74 Å². The minimum absolute atomic E-state index is 0. The maximum absolute atomic E-state index is 5.95. The summed E-state index contributed by atoms with van der Waals surface area (Å²) < 4.78 is 5.95. The fraction of sp³-hybridized carbons (Fsp3) is 0.167. The van der Waals surface area contributed by atoms with Crippen molar-refractivity contribution in [2.75, 3.05) is 12.4 Å². The van der Waals surface area contributed by atoms with E-state index in [0.717, 1.165) is 28.7 Å². The maximum atomic E-state index is 5.95. The maximum Gasteiger partial charge on any atom is 0.183 e. The first-order valence-electron chi connectivity index (χ1n) is 7.28. The molecular formula is C18H17ClN2OS. The molecule has 2 aromatic carbocycles. The predicted molar refractivity (Wildman–Crippen MR) is 98.4 cm³/mol. The zero-order valence-corrected chi connectivity index (χ0v) is 14.6. The molecular weight excluding hydrogens is 328 g/mol. The molecule has 0 amide bonds. The second-order valence-corrected chi connectivity index (χ2v) is 6.54. The minimum Gasteiger partial charge on any atom is -0.457 e. The highest BCUT2D eigenvalue weighted by Gasteiger charge is 2.23. The van der Waals surface area contributed by atoms with Crippen LogP contribution >= 0.6 is 23.7 Å². The molecule has 0 bridgehead atoms. The molecule has 0 radical (unpaired) electrons. The van der Waals surface area contributed by atoms with Gasteiger partial charge in [0.25, 0.3) is 0 Å². The third kappa shape index (κ3) is 2.92. The molecule has 0 atom stereocenters. The van der Waals surface area contributed by atoms with Gasteiger partial charge in [-0.1, -0.05) is 17.7 Å². The Balaban J connectivity index is 0.00000156. The van der Waals surface area contributed by atoms with Gasteiger partial charge in [0.2, 0.25) is 0 Å². The molecule has 0 fully saturated rings. The van der Waals surface area contributed by atoms with E-state index in [1.54, 1.807) is 11.3 Å². The van der Waals surface area contributed by atoms with Crippen LogP contribution in [0.4, 0.5) is 5.13 Å². The van der Waals surface area contributed by atoms with Crippen LogP contribution < -0.4 is 10.1 Å². The van der Waals surface area contributed by atoms with Crippen LogP contribution in [0, 0.1) is 6.92 Å². The van der Waals surface area contributed by atoms with Crippen LogP contribution in [0.3, 0.4) is 0 Å². The fourth-order valence-corrected chi connectivity index (χ4v) is 3.67. The summed E-state index contributed by atoms with van der Waals surface area (Å²) in [5.41, 5.74) is 4.87. The van der Waals surface area contributed by atoms with Gasteiger partial charge in [-0.25, -0.2) is 4.98 Å². The Morgan fingerprint density at radius 1 is 1.09 bits per heavy atom. The van der Waals surface area contributed by atoms with Gasteiger partial charge < -0.3 is 10.1 Å². The third-order valence-electron chi connectivity index (χ3n) is 3.85. The molecule has 0 unspecified atom stereocenters. The molecule has 1 aliphatic rings. The summed E-state index contributed by atoms with van der Waals surface area (Å²) in [6.45, 7) is 2.07. The molecule has 23 heavy (non-hydrogen) atoms. The van der Waals surface area contributed by atoms with Crippen molar-refractivity contribution in [3.8, 4) is 22.8 Å². The van der Waals surface area contributed by atoms with E-state index in [0.29, 0.717) is 0 Å². The van der Waals surface area contributed by atoms with Gasteiger partial charge in [-0.3, -0.25) is 0 Å². The number of nitrogens with zero attached hydrogens (tertiary/aromatic N) is 1. The van der Waals surface area contributed by atoms with Crippen molar-refractivity contribution in [1.82, 2.24) is 4.98 Å². The number of benzene rings is 2. The monoisotopic (exact) mass is 344 g/mol. The predicted octanol–water partition coefficient (Wildman–Crippen LogP) is 5.28. The Morgan fingerprint density at radius 2 is 1.83 bits per heavy atom. The summed E-state index contributed by atoms with van der Waals surface area (Å²) in [6, 6.07) is 14.4. The van der Waals surface area contributed by atoms with Crippen molar-refractivity contribution in [1.29, 1.82) is 0 Å². The normalized spacial score (nSPS) is 11.4. The van der Waals surface area contributed by atoms with Gasteiger partial charge in [0.1, 0.15) is 11.5 Å². The Kier molecular flexibility index (Phi) is 4.28. The largest absolute Gasteiger partial charge is 0.457 e. The van der Waals surface area contributed by atoms with Gasteiger partial charge in [-0.05, 0) is 42.8 Å². The highest BCUT2D eigenvalue weighted by Crippen LogP contribution is 2.42. The Morgan fingerprint density at radius 3 is 2.57 bits per heavy atom. The lowest BCUT2D eigenvalue weighted by atomic mass is 10.1. The zero-order chi connectivity index (χ0) is 15.1. The summed E-state index contributed by atoms with van der Waals surface area (Å²) in [5, 5.41) is 4.10. The molecule has 0 saturated carbocycles. The van der Waals surface area contributed by atoms with E-state index in [-0.39, 0.29) is 12.4 Å². The van der Waals surface area contributed by atoms with Crippen LogP contribution in [0.1, 0.15) is 16.0 Å². The third-order valence-corrected chi connectivity index (χ3v) is 4.92. The molecule has 3 aromatic rings. The summed E-state index contributed by atoms with van der Waals surface area (Å²) in [7, 11) is 1.91. The zero-order valence-electron chi connectivity index (χ0n) is 12.9. The van der Waals surface area contributed by atoms with Crippen molar-refractivity contribution in [3.63, 3.8) is 0 Å². The van der Waals surface area contributed by atoms with Crippen LogP contribution in [-0.4, -0.2) is 12.0 Å². The molecule has 1 aliphatic carbocycles. The average molecular weight is 345 g/mol. The summed E-state index contributed by atoms with van der Waals surface area (Å²) >= 11 is 1.73. The first-order valence-corrected chi connectivity index (χ1v) is 8.10. The first kappa shape index (κ1) is 15.8. The Labute approximate surface area is 145 Å². The van der Waals surface area contributed by atoms with Crippen LogP contribution in [-0.2, 0) is 6.42 Å². The van der Waals surface area contributed by atoms with Crippen LogP contribution in [0.15, 0.2) is 42.5 Å². The molecule has 4 rings (SSSR count). The Hall–Kier alpha value is -2.04. The second-order valence-electron chi connectivity index (χ2n) is 5.45. The van der Waals surface area contributed by atoms with E-state index in [2.05, 4.69) is 41.5 Å². The number of aryl methyl sites for hydroxylation is 1. The van der Waals surface area contributed by atoms with Crippen molar-refractivity contribution < 1.29 is 4.74 Å². The SMILES string of the molecule is CNc1nc2c(s1)Cc1cc(Oc3ccc(C)cc3)ccc1-2.Cl. The van der Waals surface area contributed by atoms with Crippen molar-refractivity contribution in [2.24, 2.45) is 0 Å². The molecule has 1 N–H and O–H groups in total. The highest BCUT2D eigenvalue weighted by molar-refractivity contribution is 7.16. The highest BCUT2D eigenvalue weighted by atomic mass is 35.5. The first-order chi connectivity index (χ1) is 10.7. The lowest BCUT2D eigenvalue weighted by Crippen LogP contribution is -1.89. The quantitative estimate of drug-likeness (QED) is 0.549. The summed E-state index contributed by atoms with van der Waals surface area (Å²) in [6.07, 6.45) is 0.940. The van der Waals surface area contributed by atoms with E-state index >= 15 is 0 Å². The number of thiazole rings is 1. The number of hydrogen-bond donors (Lipinski definition) is 1. The number of fused-ring (bicyclic) bond motifs is 3. The van der Waals surface area contributed by atoms with Gasteiger partial charge in [0.15, 0.2) is 5.13 Å². The summed E-state index contributed by atoms with van der Waals surface area (Å²) in [4.78, 5) is 5.97. The lowest BCUT2D eigenvalue weighted by Gasteiger charge is -2.08. The fourth-order valence-electron chi connectivity index (χ4n) is 2.72. The molecule has 0 spiro atoms. The molecule has 3 nitrogen and oxygen atoms in total. The molecule has 0 saturated heterocycles. The van der Waals surface area contributed by atoms with Gasteiger partial charge >= 0.3 is 0 Å².